The number of nitrogens with zero attached hydrogens (tertiary/aromatic N) is 1. The number of aliphatic hydroxyl groups excluding tert-OH is 1. The number of hydrogen-bond donors (Lipinski definition) is 2. The van der Waals surface area contributed by atoms with Gasteiger partial charge in [0.05, 0.1) is 12.6 Å². The summed E-state index contributed by atoms with van der Waals surface area (Å²) in [7, 11) is 1.84. The Kier molecular flexibility index (Phi) is 4.36. The van der Waals surface area contributed by atoms with E-state index in [4.69, 9.17) is 0 Å². The number of halogens is 1. The Morgan fingerprint density at radius 3 is 2.50 bits per heavy atom. The molecule has 0 bridgehead atoms. The summed E-state index contributed by atoms with van der Waals surface area (Å²) in [5, 5.41) is 13.5. The van der Waals surface area contributed by atoms with Gasteiger partial charge in [0.25, 0.3) is 5.91 Å². The van der Waals surface area contributed by atoms with E-state index in [-0.39, 0.29) is 18.3 Å². The Hall–Kier alpha value is -2.66. The number of rotatable bonds is 4. The first-order valence-electron chi connectivity index (χ1n) is 7.74. The minimum atomic E-state index is -0.587. The maximum absolute atomic E-state index is 13.1. The van der Waals surface area contributed by atoms with Crippen LogP contribution in [0.2, 0.25) is 0 Å². The van der Waals surface area contributed by atoms with Crippen LogP contribution in [-0.4, -0.2) is 22.2 Å². The normalized spacial score (nSPS) is 12.3. The molecule has 2 aromatic carbocycles. The van der Waals surface area contributed by atoms with E-state index < -0.39 is 6.04 Å². The maximum atomic E-state index is 13.1. The summed E-state index contributed by atoms with van der Waals surface area (Å²) in [4.78, 5) is 12.7. The third-order valence-corrected chi connectivity index (χ3v) is 4.34. The number of hydrogen-bond acceptors (Lipinski definition) is 2. The summed E-state index contributed by atoms with van der Waals surface area (Å²) < 4.78 is 14.9. The first kappa shape index (κ1) is 16.2. The van der Waals surface area contributed by atoms with Gasteiger partial charge in [-0.2, -0.15) is 0 Å². The van der Waals surface area contributed by atoms with Gasteiger partial charge in [0.2, 0.25) is 0 Å². The third kappa shape index (κ3) is 2.78. The number of aryl methyl sites for hydroxylation is 2. The van der Waals surface area contributed by atoms with Gasteiger partial charge in [-0.1, -0.05) is 30.3 Å². The SMILES string of the molecule is Cc1c(C(=O)N[C@@H](CO)c2ccc(F)cc2)n(C)c2ccccc12. The van der Waals surface area contributed by atoms with Gasteiger partial charge in [0, 0.05) is 18.0 Å². The van der Waals surface area contributed by atoms with Gasteiger partial charge in [-0.25, -0.2) is 4.39 Å². The summed E-state index contributed by atoms with van der Waals surface area (Å²) in [6, 6.07) is 13.0. The molecule has 0 fully saturated rings. The molecule has 5 heteroatoms. The van der Waals surface area contributed by atoms with E-state index in [2.05, 4.69) is 5.32 Å². The van der Waals surface area contributed by atoms with Gasteiger partial charge in [0.15, 0.2) is 0 Å². The summed E-state index contributed by atoms with van der Waals surface area (Å²) in [5.41, 5.74) is 3.07. The van der Waals surface area contributed by atoms with Crippen molar-refractivity contribution in [3.05, 3.63) is 71.2 Å². The molecule has 0 aliphatic carbocycles. The molecule has 1 amide bonds. The molecule has 2 N–H and O–H groups in total. The number of aliphatic hydroxyl groups is 1. The highest BCUT2D eigenvalue weighted by Crippen LogP contribution is 2.25. The molecule has 124 valence electrons. The van der Waals surface area contributed by atoms with Crippen molar-refractivity contribution in [2.24, 2.45) is 7.05 Å². The molecule has 1 heterocycles. The molecule has 3 aromatic rings. The molecule has 1 atom stereocenters. The van der Waals surface area contributed by atoms with Gasteiger partial charge < -0.3 is 15.0 Å². The number of carbonyl (C=O) groups excluding carboxylic acids is 1. The molecule has 3 rings (SSSR count). The molecule has 4 nitrogen and oxygen atoms in total. The monoisotopic (exact) mass is 326 g/mol. The van der Waals surface area contributed by atoms with Crippen molar-refractivity contribution in [2.75, 3.05) is 6.61 Å². The Morgan fingerprint density at radius 1 is 1.21 bits per heavy atom. The number of fused-ring (bicyclic) bond motifs is 1. The average Bonchev–Trinajstić information content (AvgIpc) is 2.85. The highest BCUT2D eigenvalue weighted by molar-refractivity contribution is 6.01. The topological polar surface area (TPSA) is 54.3 Å². The predicted molar refractivity (Wildman–Crippen MR) is 91.3 cm³/mol. The Bertz CT molecular complexity index is 845. The molecule has 1 aromatic heterocycles. The zero-order chi connectivity index (χ0) is 17.3. The zero-order valence-corrected chi connectivity index (χ0v) is 13.6. The second-order valence-electron chi connectivity index (χ2n) is 5.81. The van der Waals surface area contributed by atoms with E-state index in [1.165, 1.54) is 12.1 Å². The van der Waals surface area contributed by atoms with Crippen LogP contribution < -0.4 is 5.32 Å². The lowest BCUT2D eigenvalue weighted by Gasteiger charge is -2.17. The van der Waals surface area contributed by atoms with Crippen molar-refractivity contribution in [3.63, 3.8) is 0 Å². The third-order valence-electron chi connectivity index (χ3n) is 4.34. The van der Waals surface area contributed by atoms with Crippen LogP contribution in [0.3, 0.4) is 0 Å². The molecule has 24 heavy (non-hydrogen) atoms. The fourth-order valence-corrected chi connectivity index (χ4v) is 3.06. The zero-order valence-electron chi connectivity index (χ0n) is 13.6. The maximum Gasteiger partial charge on any atom is 0.268 e. The van der Waals surface area contributed by atoms with E-state index in [0.717, 1.165) is 16.5 Å². The second kappa shape index (κ2) is 6.45. The average molecular weight is 326 g/mol. The minimum Gasteiger partial charge on any atom is -0.394 e. The minimum absolute atomic E-state index is 0.264. The molecule has 0 spiro atoms. The molecular weight excluding hydrogens is 307 g/mol. The molecule has 0 saturated heterocycles. The number of nitrogens with one attached hydrogen (secondary N) is 1. The largest absolute Gasteiger partial charge is 0.394 e. The van der Waals surface area contributed by atoms with Crippen LogP contribution in [0.25, 0.3) is 10.9 Å². The summed E-state index contributed by atoms with van der Waals surface area (Å²) in [6.07, 6.45) is 0. The van der Waals surface area contributed by atoms with Crippen molar-refractivity contribution >= 4 is 16.8 Å². The quantitative estimate of drug-likeness (QED) is 0.774. The van der Waals surface area contributed by atoms with Crippen LogP contribution >= 0.6 is 0 Å². The van der Waals surface area contributed by atoms with Crippen LogP contribution in [0.4, 0.5) is 4.39 Å². The number of carbonyl (C=O) groups is 1. The molecule has 0 aliphatic heterocycles. The van der Waals surface area contributed by atoms with Crippen LogP contribution in [0.1, 0.15) is 27.7 Å². The summed E-state index contributed by atoms with van der Waals surface area (Å²) in [5.74, 6) is -0.624. The highest BCUT2D eigenvalue weighted by Gasteiger charge is 2.21. The predicted octanol–water partition coefficient (Wildman–Crippen LogP) is 3.09. The molecule has 0 unspecified atom stereocenters. The van der Waals surface area contributed by atoms with E-state index in [9.17, 15) is 14.3 Å². The van der Waals surface area contributed by atoms with E-state index in [1.807, 2.05) is 42.8 Å². The standard InChI is InChI=1S/C19H19FN2O2/c1-12-15-5-3-4-6-17(15)22(2)18(12)19(24)21-16(11-23)13-7-9-14(20)10-8-13/h3-10,16,23H,11H2,1-2H3,(H,21,24)/t16-/m0/s1. The van der Waals surface area contributed by atoms with Gasteiger partial charge in [-0.05, 0) is 36.2 Å². The fraction of sp³-hybridized carbons (Fsp3) is 0.211. The first-order chi connectivity index (χ1) is 11.5. The van der Waals surface area contributed by atoms with Crippen LogP contribution in [0, 0.1) is 12.7 Å². The Balaban J connectivity index is 1.93. The number of para-hydroxylation sites is 1. The first-order valence-corrected chi connectivity index (χ1v) is 7.74. The highest BCUT2D eigenvalue weighted by atomic mass is 19.1. The van der Waals surface area contributed by atoms with Crippen molar-refractivity contribution < 1.29 is 14.3 Å². The van der Waals surface area contributed by atoms with Crippen LogP contribution in [0.15, 0.2) is 48.5 Å². The van der Waals surface area contributed by atoms with E-state index >= 15 is 0 Å². The van der Waals surface area contributed by atoms with Crippen molar-refractivity contribution in [2.45, 2.75) is 13.0 Å². The van der Waals surface area contributed by atoms with Crippen molar-refractivity contribution in [1.29, 1.82) is 0 Å². The van der Waals surface area contributed by atoms with Gasteiger partial charge >= 0.3 is 0 Å². The number of amides is 1. The smallest absolute Gasteiger partial charge is 0.268 e. The van der Waals surface area contributed by atoms with Gasteiger partial charge in [0.1, 0.15) is 11.5 Å². The van der Waals surface area contributed by atoms with Gasteiger partial charge in [-0.15, -0.1) is 0 Å². The lowest BCUT2D eigenvalue weighted by atomic mass is 10.1. The van der Waals surface area contributed by atoms with Crippen molar-refractivity contribution in [3.8, 4) is 0 Å². The summed E-state index contributed by atoms with van der Waals surface area (Å²) >= 11 is 0. The summed E-state index contributed by atoms with van der Waals surface area (Å²) in [6.45, 7) is 1.64. The fourth-order valence-electron chi connectivity index (χ4n) is 3.06. The lowest BCUT2D eigenvalue weighted by Crippen LogP contribution is -2.32. The molecule has 0 aliphatic rings. The lowest BCUT2D eigenvalue weighted by molar-refractivity contribution is 0.0907. The molecule has 0 saturated carbocycles. The second-order valence-corrected chi connectivity index (χ2v) is 5.81. The van der Waals surface area contributed by atoms with Crippen LogP contribution in [-0.2, 0) is 7.05 Å². The molecule has 0 radical (unpaired) electrons. The number of aromatic nitrogens is 1. The Labute approximate surface area is 139 Å². The Morgan fingerprint density at radius 2 is 1.88 bits per heavy atom. The van der Waals surface area contributed by atoms with E-state index in [0.29, 0.717) is 11.3 Å². The molecular formula is C19H19FN2O2. The number of benzene rings is 2. The van der Waals surface area contributed by atoms with Crippen molar-refractivity contribution in [1.82, 2.24) is 9.88 Å². The van der Waals surface area contributed by atoms with Gasteiger partial charge in [-0.3, -0.25) is 4.79 Å². The van der Waals surface area contributed by atoms with E-state index in [1.54, 1.807) is 12.1 Å². The van der Waals surface area contributed by atoms with Crippen LogP contribution in [0.5, 0.6) is 0 Å².